The number of aliphatic hydroxyl groups excluding tert-OH is 1. The molecule has 0 heterocycles. The van der Waals surface area contributed by atoms with Gasteiger partial charge in [-0.05, 0) is 31.4 Å². The number of amides is 4. The number of hydrogen-bond acceptors (Lipinski definition) is 8. The Kier molecular flexibility index (Phi) is 12.9. The minimum atomic E-state index is -1.57. The SMILES string of the molecule is NCCCCC(NC(=O)C(N)CC(N)=O)C(=O)NC(Cc1ccccc1)C(=O)NC(CO)C(=O)O. The highest BCUT2D eigenvalue weighted by Crippen LogP contribution is 2.07. The van der Waals surface area contributed by atoms with Gasteiger partial charge in [0.15, 0.2) is 0 Å². The largest absolute Gasteiger partial charge is 0.480 e. The molecule has 0 saturated carbocycles. The van der Waals surface area contributed by atoms with Crippen molar-refractivity contribution in [3.63, 3.8) is 0 Å². The monoisotopic (exact) mass is 494 g/mol. The summed E-state index contributed by atoms with van der Waals surface area (Å²) in [6, 6.07) is 3.52. The van der Waals surface area contributed by atoms with Crippen molar-refractivity contribution in [2.45, 2.75) is 56.3 Å². The number of aliphatic hydroxyl groups is 1. The Morgan fingerprint density at radius 1 is 0.857 bits per heavy atom. The van der Waals surface area contributed by atoms with Crippen LogP contribution >= 0.6 is 0 Å². The lowest BCUT2D eigenvalue weighted by atomic mass is 10.0. The van der Waals surface area contributed by atoms with Crippen molar-refractivity contribution in [3.8, 4) is 0 Å². The van der Waals surface area contributed by atoms with Gasteiger partial charge in [-0.15, -0.1) is 0 Å². The molecule has 0 fully saturated rings. The molecule has 0 bridgehead atoms. The van der Waals surface area contributed by atoms with E-state index in [0.717, 1.165) is 0 Å². The molecular formula is C22H34N6O7. The van der Waals surface area contributed by atoms with E-state index in [4.69, 9.17) is 22.3 Å². The lowest BCUT2D eigenvalue weighted by molar-refractivity contribution is -0.143. The number of benzene rings is 1. The summed E-state index contributed by atoms with van der Waals surface area (Å²) in [4.78, 5) is 60.6. The molecule has 0 radical (unpaired) electrons. The van der Waals surface area contributed by atoms with Crippen LogP contribution in [-0.2, 0) is 30.4 Å². The quantitative estimate of drug-likeness (QED) is 0.110. The second kappa shape index (κ2) is 15.4. The van der Waals surface area contributed by atoms with E-state index in [1.807, 2.05) is 0 Å². The molecule has 1 aromatic carbocycles. The maximum Gasteiger partial charge on any atom is 0.328 e. The van der Waals surface area contributed by atoms with Gasteiger partial charge < -0.3 is 43.4 Å². The first-order valence-corrected chi connectivity index (χ1v) is 11.1. The third-order valence-corrected chi connectivity index (χ3v) is 5.05. The van der Waals surface area contributed by atoms with Crippen LogP contribution < -0.4 is 33.2 Å². The summed E-state index contributed by atoms with van der Waals surface area (Å²) < 4.78 is 0. The van der Waals surface area contributed by atoms with Gasteiger partial charge in [-0.1, -0.05) is 30.3 Å². The molecule has 1 rings (SSSR count). The summed E-state index contributed by atoms with van der Waals surface area (Å²) >= 11 is 0. The maximum atomic E-state index is 13.1. The number of hydrogen-bond donors (Lipinski definition) is 8. The smallest absolute Gasteiger partial charge is 0.328 e. The summed E-state index contributed by atoms with van der Waals surface area (Å²) in [6.07, 6.45) is 0.811. The molecule has 0 saturated heterocycles. The van der Waals surface area contributed by atoms with Gasteiger partial charge in [0.1, 0.15) is 18.1 Å². The third-order valence-electron chi connectivity index (χ3n) is 5.05. The summed E-state index contributed by atoms with van der Waals surface area (Å²) in [6.45, 7) is -0.483. The van der Waals surface area contributed by atoms with Crippen LogP contribution in [0.3, 0.4) is 0 Å². The first-order chi connectivity index (χ1) is 16.6. The van der Waals surface area contributed by atoms with Crippen LogP contribution in [0, 0.1) is 0 Å². The second-order valence-corrected chi connectivity index (χ2v) is 7.96. The summed E-state index contributed by atoms with van der Waals surface area (Å²) in [5.41, 5.74) is 16.9. The van der Waals surface area contributed by atoms with Gasteiger partial charge in [0.2, 0.25) is 23.6 Å². The van der Waals surface area contributed by atoms with Gasteiger partial charge in [-0.3, -0.25) is 19.2 Å². The van der Waals surface area contributed by atoms with Crippen molar-refractivity contribution < 1.29 is 34.2 Å². The van der Waals surface area contributed by atoms with E-state index in [2.05, 4.69) is 16.0 Å². The molecule has 4 unspecified atom stereocenters. The summed E-state index contributed by atoms with van der Waals surface area (Å²) in [5, 5.41) is 25.6. The fourth-order valence-electron chi connectivity index (χ4n) is 3.14. The number of aliphatic carboxylic acids is 1. The first-order valence-electron chi connectivity index (χ1n) is 11.1. The molecule has 0 spiro atoms. The topological polar surface area (TPSA) is 240 Å². The number of unbranched alkanes of at least 4 members (excludes halogenated alkanes) is 1. The summed E-state index contributed by atoms with van der Waals surface area (Å²) in [5.74, 6) is -4.55. The minimum absolute atomic E-state index is 0.0147. The number of carboxylic acids is 1. The Labute approximate surface area is 202 Å². The number of carboxylic acid groups (broad SMARTS) is 1. The van der Waals surface area contributed by atoms with E-state index in [-0.39, 0.29) is 12.8 Å². The number of rotatable bonds is 16. The van der Waals surface area contributed by atoms with Crippen molar-refractivity contribution >= 4 is 29.6 Å². The van der Waals surface area contributed by atoms with Crippen LogP contribution in [0.1, 0.15) is 31.2 Å². The molecule has 13 nitrogen and oxygen atoms in total. The number of nitrogens with two attached hydrogens (primary N) is 3. The first kappa shape index (κ1) is 29.5. The highest BCUT2D eigenvalue weighted by molar-refractivity contribution is 5.95. The highest BCUT2D eigenvalue weighted by atomic mass is 16.4. The average Bonchev–Trinajstić information content (AvgIpc) is 2.81. The van der Waals surface area contributed by atoms with E-state index >= 15 is 0 Å². The van der Waals surface area contributed by atoms with Crippen molar-refractivity contribution in [3.05, 3.63) is 35.9 Å². The zero-order valence-corrected chi connectivity index (χ0v) is 19.3. The zero-order valence-electron chi connectivity index (χ0n) is 19.3. The third kappa shape index (κ3) is 10.9. The molecule has 11 N–H and O–H groups in total. The Bertz CT molecular complexity index is 867. The Hall–Kier alpha value is -3.55. The molecule has 4 atom stereocenters. The van der Waals surface area contributed by atoms with Crippen molar-refractivity contribution in [1.82, 2.24) is 16.0 Å². The Morgan fingerprint density at radius 3 is 1.97 bits per heavy atom. The van der Waals surface area contributed by atoms with Gasteiger partial charge in [-0.2, -0.15) is 0 Å². The number of primary amides is 1. The standard InChI is InChI=1S/C22H34N6O7/c23-9-5-4-8-15(26-19(31)14(24)11-18(25)30)20(32)27-16(10-13-6-2-1-3-7-13)21(33)28-17(12-29)22(34)35/h1-3,6-7,14-17,29H,4-5,8-12,23-24H2,(H2,25,30)(H,26,31)(H,27,32)(H,28,33)(H,34,35). The molecule has 13 heteroatoms. The minimum Gasteiger partial charge on any atom is -0.480 e. The van der Waals surface area contributed by atoms with Gasteiger partial charge >= 0.3 is 5.97 Å². The number of carbonyl (C=O) groups is 5. The molecular weight excluding hydrogens is 460 g/mol. The Morgan fingerprint density at radius 2 is 1.43 bits per heavy atom. The maximum absolute atomic E-state index is 13.1. The summed E-state index contributed by atoms with van der Waals surface area (Å²) in [7, 11) is 0. The fourth-order valence-corrected chi connectivity index (χ4v) is 3.14. The van der Waals surface area contributed by atoms with E-state index in [9.17, 15) is 29.1 Å². The molecule has 0 aliphatic carbocycles. The molecule has 4 amide bonds. The van der Waals surface area contributed by atoms with Gasteiger partial charge in [0, 0.05) is 6.42 Å². The normalized spacial score (nSPS) is 14.1. The van der Waals surface area contributed by atoms with E-state index in [0.29, 0.717) is 24.9 Å². The van der Waals surface area contributed by atoms with Crippen LogP contribution in [-0.4, -0.2) is 77.1 Å². The van der Waals surface area contributed by atoms with Crippen LogP contribution in [0.4, 0.5) is 0 Å². The van der Waals surface area contributed by atoms with E-state index < -0.39 is 66.8 Å². The average molecular weight is 495 g/mol. The van der Waals surface area contributed by atoms with Gasteiger partial charge in [0.05, 0.1) is 19.1 Å². The van der Waals surface area contributed by atoms with Crippen LogP contribution in [0.5, 0.6) is 0 Å². The molecule has 0 aliphatic rings. The van der Waals surface area contributed by atoms with E-state index in [1.165, 1.54) is 0 Å². The molecule has 35 heavy (non-hydrogen) atoms. The van der Waals surface area contributed by atoms with Crippen molar-refractivity contribution in [1.29, 1.82) is 0 Å². The molecule has 0 aromatic heterocycles. The Balaban J connectivity index is 3.07. The second-order valence-electron chi connectivity index (χ2n) is 7.96. The van der Waals surface area contributed by atoms with Crippen molar-refractivity contribution in [2.75, 3.05) is 13.2 Å². The van der Waals surface area contributed by atoms with Crippen molar-refractivity contribution in [2.24, 2.45) is 17.2 Å². The van der Waals surface area contributed by atoms with Crippen LogP contribution in [0.2, 0.25) is 0 Å². The molecule has 194 valence electrons. The number of nitrogens with one attached hydrogen (secondary N) is 3. The lowest BCUT2D eigenvalue weighted by Gasteiger charge is -2.25. The highest BCUT2D eigenvalue weighted by Gasteiger charge is 2.30. The van der Waals surface area contributed by atoms with E-state index in [1.54, 1.807) is 30.3 Å². The molecule has 1 aromatic rings. The molecule has 0 aliphatic heterocycles. The predicted molar refractivity (Wildman–Crippen MR) is 125 cm³/mol. The zero-order chi connectivity index (χ0) is 26.4. The van der Waals surface area contributed by atoms with Gasteiger partial charge in [0.25, 0.3) is 0 Å². The fraction of sp³-hybridized carbons (Fsp3) is 0.500. The van der Waals surface area contributed by atoms with Gasteiger partial charge in [-0.25, -0.2) is 4.79 Å². The van der Waals surface area contributed by atoms with Crippen LogP contribution in [0.15, 0.2) is 30.3 Å². The van der Waals surface area contributed by atoms with Crippen LogP contribution in [0.25, 0.3) is 0 Å². The number of carbonyl (C=O) groups excluding carboxylic acids is 4. The lowest BCUT2D eigenvalue weighted by Crippen LogP contribution is -2.58. The predicted octanol–water partition coefficient (Wildman–Crippen LogP) is -2.91.